The van der Waals surface area contributed by atoms with Crippen LogP contribution >= 0.6 is 0 Å². The highest BCUT2D eigenvalue weighted by Crippen LogP contribution is 2.23. The van der Waals surface area contributed by atoms with Gasteiger partial charge in [-0.1, -0.05) is 12.1 Å². The zero-order valence-electron chi connectivity index (χ0n) is 15.9. The second-order valence-corrected chi connectivity index (χ2v) is 5.82. The van der Waals surface area contributed by atoms with Gasteiger partial charge >= 0.3 is 5.97 Å². The number of anilines is 1. The Morgan fingerprint density at radius 1 is 0.964 bits per heavy atom. The summed E-state index contributed by atoms with van der Waals surface area (Å²) in [6.45, 7) is 3.51. The lowest BCUT2D eigenvalue weighted by Crippen LogP contribution is -2.22. The summed E-state index contributed by atoms with van der Waals surface area (Å²) in [5.41, 5.74) is 1.10. The highest BCUT2D eigenvalue weighted by molar-refractivity contribution is 5.94. The van der Waals surface area contributed by atoms with E-state index in [0.29, 0.717) is 29.4 Å². The number of nitrogens with one attached hydrogen (secondary N) is 1. The third-order valence-electron chi connectivity index (χ3n) is 3.66. The molecule has 2 rings (SSSR count). The molecule has 0 aromatic heterocycles. The Hall–Kier alpha value is -3.35. The summed E-state index contributed by atoms with van der Waals surface area (Å²) in [4.78, 5) is 34.9. The van der Waals surface area contributed by atoms with Gasteiger partial charge in [-0.25, -0.2) is 0 Å². The van der Waals surface area contributed by atoms with Gasteiger partial charge in [0.2, 0.25) is 0 Å². The number of hydrogen-bond donors (Lipinski definition) is 1. The first-order valence-corrected chi connectivity index (χ1v) is 8.90. The molecule has 0 spiro atoms. The zero-order valence-corrected chi connectivity index (χ0v) is 15.9. The Balaban J connectivity index is 1.70. The van der Waals surface area contributed by atoms with E-state index in [0.717, 1.165) is 0 Å². The van der Waals surface area contributed by atoms with Gasteiger partial charge in [0.1, 0.15) is 11.5 Å². The first-order valence-electron chi connectivity index (χ1n) is 8.90. The van der Waals surface area contributed by atoms with Crippen molar-refractivity contribution >= 4 is 23.3 Å². The van der Waals surface area contributed by atoms with Crippen LogP contribution in [0.3, 0.4) is 0 Å². The van der Waals surface area contributed by atoms with Crippen LogP contribution in [-0.2, 0) is 14.3 Å². The highest BCUT2D eigenvalue weighted by atomic mass is 16.5. The minimum atomic E-state index is -0.548. The molecule has 0 saturated carbocycles. The van der Waals surface area contributed by atoms with Crippen molar-refractivity contribution in [3.05, 3.63) is 54.1 Å². The predicted molar refractivity (Wildman–Crippen MR) is 104 cm³/mol. The molecule has 1 amide bonds. The number of amides is 1. The maximum absolute atomic E-state index is 12.0. The normalized spacial score (nSPS) is 10.1. The summed E-state index contributed by atoms with van der Waals surface area (Å²) < 4.78 is 15.8. The highest BCUT2D eigenvalue weighted by Gasteiger charge is 2.11. The number of esters is 1. The van der Waals surface area contributed by atoms with Crippen molar-refractivity contribution in [2.45, 2.75) is 20.3 Å². The van der Waals surface area contributed by atoms with Crippen molar-refractivity contribution in [3.8, 4) is 11.5 Å². The van der Waals surface area contributed by atoms with Crippen LogP contribution in [0.25, 0.3) is 0 Å². The second-order valence-electron chi connectivity index (χ2n) is 5.82. The lowest BCUT2D eigenvalue weighted by atomic mass is 10.1. The number of rotatable bonds is 10. The van der Waals surface area contributed by atoms with Crippen molar-refractivity contribution in [3.63, 3.8) is 0 Å². The van der Waals surface area contributed by atoms with Crippen LogP contribution in [0.2, 0.25) is 0 Å². The molecular weight excluding hydrogens is 362 g/mol. The minimum Gasteiger partial charge on any atom is -0.493 e. The number of ether oxygens (including phenoxy) is 3. The summed E-state index contributed by atoms with van der Waals surface area (Å²) >= 11 is 0. The van der Waals surface area contributed by atoms with E-state index in [1.165, 1.54) is 6.92 Å². The van der Waals surface area contributed by atoms with Crippen LogP contribution in [0, 0.1) is 0 Å². The van der Waals surface area contributed by atoms with Crippen molar-refractivity contribution in [2.24, 2.45) is 0 Å². The molecule has 0 aliphatic rings. The lowest BCUT2D eigenvalue weighted by Gasteiger charge is -2.11. The van der Waals surface area contributed by atoms with Gasteiger partial charge in [-0.3, -0.25) is 14.4 Å². The molecule has 0 fully saturated rings. The zero-order chi connectivity index (χ0) is 20.4. The van der Waals surface area contributed by atoms with Crippen LogP contribution in [0.1, 0.15) is 30.6 Å². The molecule has 148 valence electrons. The molecule has 2 aromatic carbocycles. The van der Waals surface area contributed by atoms with Gasteiger partial charge < -0.3 is 19.5 Å². The van der Waals surface area contributed by atoms with Gasteiger partial charge in [-0.15, -0.1) is 0 Å². The van der Waals surface area contributed by atoms with Gasteiger partial charge in [0, 0.05) is 5.56 Å². The van der Waals surface area contributed by atoms with Gasteiger partial charge in [0.15, 0.2) is 12.4 Å². The maximum Gasteiger partial charge on any atom is 0.309 e. The van der Waals surface area contributed by atoms with E-state index in [2.05, 4.69) is 5.32 Å². The van der Waals surface area contributed by atoms with Gasteiger partial charge in [0.25, 0.3) is 5.91 Å². The van der Waals surface area contributed by atoms with E-state index in [-0.39, 0.29) is 18.8 Å². The second kappa shape index (κ2) is 10.7. The van der Waals surface area contributed by atoms with Crippen LogP contribution in [0.15, 0.2) is 48.5 Å². The van der Waals surface area contributed by atoms with E-state index >= 15 is 0 Å². The molecule has 28 heavy (non-hydrogen) atoms. The Bertz CT molecular complexity index is 816. The molecule has 1 N–H and O–H groups in total. The van der Waals surface area contributed by atoms with Gasteiger partial charge in [-0.05, 0) is 50.2 Å². The first kappa shape index (κ1) is 21.0. The summed E-state index contributed by atoms with van der Waals surface area (Å²) in [7, 11) is 0. The Kier molecular flexibility index (Phi) is 8.02. The standard InChI is InChI=1S/C21H23NO6/c1-3-26-19-7-5-4-6-18(19)22-20(24)14-28-21(25)12-13-27-17-10-8-16(9-11-17)15(2)23/h4-11H,3,12-14H2,1-2H3,(H,22,24). The summed E-state index contributed by atoms with van der Waals surface area (Å²) in [6, 6.07) is 13.6. The molecule has 0 aliphatic heterocycles. The number of carbonyl (C=O) groups excluding carboxylic acids is 3. The minimum absolute atomic E-state index is 0.00271. The Morgan fingerprint density at radius 2 is 1.68 bits per heavy atom. The Labute approximate surface area is 163 Å². The molecule has 7 nitrogen and oxygen atoms in total. The van der Waals surface area contributed by atoms with Gasteiger partial charge in [0.05, 0.1) is 25.3 Å². The fourth-order valence-electron chi connectivity index (χ4n) is 2.29. The van der Waals surface area contributed by atoms with Crippen molar-refractivity contribution in [1.82, 2.24) is 0 Å². The number of benzene rings is 2. The average molecular weight is 385 g/mol. The van der Waals surface area contributed by atoms with E-state index in [4.69, 9.17) is 14.2 Å². The fraction of sp³-hybridized carbons (Fsp3) is 0.286. The molecule has 0 heterocycles. The molecule has 0 aliphatic carbocycles. The topological polar surface area (TPSA) is 90.9 Å². The summed E-state index contributed by atoms with van der Waals surface area (Å²) in [5.74, 6) is 0.0593. The first-order chi connectivity index (χ1) is 13.5. The van der Waals surface area contributed by atoms with E-state index < -0.39 is 18.5 Å². The predicted octanol–water partition coefficient (Wildman–Crippen LogP) is 3.24. The van der Waals surface area contributed by atoms with Crippen molar-refractivity contribution < 1.29 is 28.6 Å². The van der Waals surface area contributed by atoms with E-state index in [1.807, 2.05) is 6.92 Å². The molecule has 2 aromatic rings. The number of ketones is 1. The molecule has 0 bridgehead atoms. The van der Waals surface area contributed by atoms with Crippen LogP contribution in [-0.4, -0.2) is 37.5 Å². The maximum atomic E-state index is 12.0. The van der Waals surface area contributed by atoms with Crippen LogP contribution in [0.5, 0.6) is 11.5 Å². The smallest absolute Gasteiger partial charge is 0.309 e. The third kappa shape index (κ3) is 6.75. The fourth-order valence-corrected chi connectivity index (χ4v) is 2.29. The quantitative estimate of drug-likeness (QED) is 0.499. The third-order valence-corrected chi connectivity index (χ3v) is 3.66. The summed E-state index contributed by atoms with van der Waals surface area (Å²) in [6.07, 6.45) is -0.00271. The largest absolute Gasteiger partial charge is 0.493 e. The number of hydrogen-bond acceptors (Lipinski definition) is 6. The average Bonchev–Trinajstić information content (AvgIpc) is 2.68. The Morgan fingerprint density at radius 3 is 2.36 bits per heavy atom. The monoisotopic (exact) mass is 385 g/mol. The molecule has 0 atom stereocenters. The molecule has 0 radical (unpaired) electrons. The molecule has 0 unspecified atom stereocenters. The van der Waals surface area contributed by atoms with Crippen LogP contribution < -0.4 is 14.8 Å². The van der Waals surface area contributed by atoms with Crippen molar-refractivity contribution in [1.29, 1.82) is 0 Å². The number of carbonyl (C=O) groups is 3. The van der Waals surface area contributed by atoms with E-state index in [1.54, 1.807) is 48.5 Å². The lowest BCUT2D eigenvalue weighted by molar-refractivity contribution is -0.147. The van der Waals surface area contributed by atoms with Crippen molar-refractivity contribution in [2.75, 3.05) is 25.1 Å². The number of Topliss-reactive ketones (excluding diaryl/α,β-unsaturated/α-hetero) is 1. The SMILES string of the molecule is CCOc1ccccc1NC(=O)COC(=O)CCOc1ccc(C(C)=O)cc1. The van der Waals surface area contributed by atoms with Crippen LogP contribution in [0.4, 0.5) is 5.69 Å². The molecule has 0 saturated heterocycles. The summed E-state index contributed by atoms with van der Waals surface area (Å²) in [5, 5.41) is 2.65. The van der Waals surface area contributed by atoms with E-state index in [9.17, 15) is 14.4 Å². The molecular formula is C21H23NO6. The number of para-hydroxylation sites is 2. The van der Waals surface area contributed by atoms with Gasteiger partial charge in [-0.2, -0.15) is 0 Å². The molecule has 7 heteroatoms.